The second kappa shape index (κ2) is 9.80. The fourth-order valence-electron chi connectivity index (χ4n) is 2.31. The first kappa shape index (κ1) is 20.6. The van der Waals surface area contributed by atoms with Crippen molar-refractivity contribution < 1.29 is 22.7 Å². The van der Waals surface area contributed by atoms with Crippen molar-refractivity contribution in [1.29, 1.82) is 0 Å². The summed E-state index contributed by atoms with van der Waals surface area (Å²) in [5.74, 6) is -1.83. The summed E-state index contributed by atoms with van der Waals surface area (Å²) < 4.78 is 46.0. The molecule has 0 saturated heterocycles. The van der Waals surface area contributed by atoms with Crippen LogP contribution < -0.4 is 10.1 Å². The molecule has 0 saturated carbocycles. The van der Waals surface area contributed by atoms with Gasteiger partial charge in [-0.15, -0.1) is 0 Å². The Hall–Kier alpha value is -2.76. The zero-order valence-corrected chi connectivity index (χ0v) is 15.3. The van der Waals surface area contributed by atoms with Crippen LogP contribution in [0.4, 0.5) is 13.2 Å². The summed E-state index contributed by atoms with van der Waals surface area (Å²) in [4.78, 5) is 12.0. The second-order valence-corrected chi connectivity index (χ2v) is 6.12. The average Bonchev–Trinajstić information content (AvgIpc) is 2.63. The maximum atomic E-state index is 13.5. The van der Waals surface area contributed by atoms with E-state index >= 15 is 0 Å². The molecular weight excluding hydrogens is 355 g/mol. The fourth-order valence-corrected chi connectivity index (χ4v) is 2.31. The van der Waals surface area contributed by atoms with Crippen molar-refractivity contribution in [3.8, 4) is 5.75 Å². The molecule has 0 unspecified atom stereocenters. The third-order valence-corrected chi connectivity index (χ3v) is 3.95. The predicted molar refractivity (Wildman–Crippen MR) is 98.8 cm³/mol. The molecule has 0 spiro atoms. The normalized spacial score (nSPS) is 11.0. The van der Waals surface area contributed by atoms with Gasteiger partial charge in [-0.2, -0.15) is 0 Å². The van der Waals surface area contributed by atoms with Crippen LogP contribution in [-0.4, -0.2) is 12.5 Å². The highest BCUT2D eigenvalue weighted by Crippen LogP contribution is 2.22. The fraction of sp³-hybridized carbons (Fsp3) is 0.286. The molecule has 0 aliphatic heterocycles. The first-order valence-corrected chi connectivity index (χ1v) is 8.73. The highest BCUT2D eigenvalue weighted by molar-refractivity contribution is 5.92. The van der Waals surface area contributed by atoms with Crippen LogP contribution in [0.1, 0.15) is 36.5 Å². The maximum Gasteiger partial charge on any atom is 0.244 e. The molecule has 0 radical (unpaired) electrons. The molecule has 1 N–H and O–H groups in total. The number of nitrogens with one attached hydrogen (secondary N) is 1. The van der Waals surface area contributed by atoms with E-state index in [2.05, 4.69) is 5.32 Å². The van der Waals surface area contributed by atoms with Gasteiger partial charge in [0.15, 0.2) is 0 Å². The molecule has 0 bridgehead atoms. The molecule has 2 aromatic carbocycles. The van der Waals surface area contributed by atoms with Gasteiger partial charge in [-0.25, -0.2) is 13.2 Å². The van der Waals surface area contributed by atoms with E-state index in [-0.39, 0.29) is 12.1 Å². The lowest BCUT2D eigenvalue weighted by Crippen LogP contribution is -2.20. The van der Waals surface area contributed by atoms with Gasteiger partial charge in [0.1, 0.15) is 23.2 Å². The highest BCUT2D eigenvalue weighted by atomic mass is 19.1. The number of rotatable bonds is 8. The molecule has 1 amide bonds. The molecule has 0 aliphatic carbocycles. The van der Waals surface area contributed by atoms with Crippen LogP contribution in [0.2, 0.25) is 0 Å². The number of ether oxygens (including phenoxy) is 1. The molecule has 2 aromatic rings. The van der Waals surface area contributed by atoms with Crippen LogP contribution in [0.25, 0.3) is 6.08 Å². The van der Waals surface area contributed by atoms with Gasteiger partial charge in [0, 0.05) is 29.8 Å². The molecule has 27 heavy (non-hydrogen) atoms. The molecule has 0 atom stereocenters. The Labute approximate surface area is 156 Å². The lowest BCUT2D eigenvalue weighted by atomic mass is 10.1. The van der Waals surface area contributed by atoms with Gasteiger partial charge >= 0.3 is 0 Å². The van der Waals surface area contributed by atoms with E-state index < -0.39 is 23.4 Å². The van der Waals surface area contributed by atoms with Crippen LogP contribution in [0.15, 0.2) is 36.4 Å². The second-order valence-electron chi connectivity index (χ2n) is 6.12. The van der Waals surface area contributed by atoms with Crippen molar-refractivity contribution in [3.63, 3.8) is 0 Å². The van der Waals surface area contributed by atoms with E-state index in [0.29, 0.717) is 23.5 Å². The molecule has 0 heterocycles. The Morgan fingerprint density at radius 3 is 2.52 bits per heavy atom. The zero-order chi connectivity index (χ0) is 19.8. The van der Waals surface area contributed by atoms with E-state index in [1.54, 1.807) is 0 Å². The molecule has 0 aliphatic rings. The number of carbonyl (C=O) groups excluding carboxylic acids is 1. The lowest BCUT2D eigenvalue weighted by Gasteiger charge is -2.09. The molecule has 0 aromatic heterocycles. The summed E-state index contributed by atoms with van der Waals surface area (Å²) in [5, 5.41) is 2.55. The van der Waals surface area contributed by atoms with Gasteiger partial charge in [0.2, 0.25) is 5.91 Å². The SMILES string of the molecule is CCCCOc1cc(F)ccc1/C=C/C(=O)NCc1cc(F)c(C)c(F)c1. The van der Waals surface area contributed by atoms with Gasteiger partial charge in [0.25, 0.3) is 0 Å². The van der Waals surface area contributed by atoms with E-state index in [4.69, 9.17) is 4.74 Å². The number of carbonyl (C=O) groups is 1. The van der Waals surface area contributed by atoms with Crippen LogP contribution in [-0.2, 0) is 11.3 Å². The van der Waals surface area contributed by atoms with Gasteiger partial charge < -0.3 is 10.1 Å². The smallest absolute Gasteiger partial charge is 0.244 e. The van der Waals surface area contributed by atoms with E-state index in [0.717, 1.165) is 12.8 Å². The van der Waals surface area contributed by atoms with E-state index in [1.807, 2.05) is 6.92 Å². The summed E-state index contributed by atoms with van der Waals surface area (Å²) in [7, 11) is 0. The van der Waals surface area contributed by atoms with E-state index in [9.17, 15) is 18.0 Å². The summed E-state index contributed by atoms with van der Waals surface area (Å²) in [6.45, 7) is 3.81. The van der Waals surface area contributed by atoms with Crippen molar-refractivity contribution in [2.24, 2.45) is 0 Å². The third-order valence-electron chi connectivity index (χ3n) is 3.95. The highest BCUT2D eigenvalue weighted by Gasteiger charge is 2.08. The largest absolute Gasteiger partial charge is 0.493 e. The van der Waals surface area contributed by atoms with Crippen molar-refractivity contribution in [2.45, 2.75) is 33.2 Å². The average molecular weight is 377 g/mol. The van der Waals surface area contributed by atoms with Crippen molar-refractivity contribution >= 4 is 12.0 Å². The number of benzene rings is 2. The third kappa shape index (κ3) is 6.16. The Morgan fingerprint density at radius 1 is 1.15 bits per heavy atom. The topological polar surface area (TPSA) is 38.3 Å². The van der Waals surface area contributed by atoms with Crippen molar-refractivity contribution in [1.82, 2.24) is 5.32 Å². The lowest BCUT2D eigenvalue weighted by molar-refractivity contribution is -0.116. The summed E-state index contributed by atoms with van der Waals surface area (Å²) in [5.41, 5.74) is 0.828. The quantitative estimate of drug-likeness (QED) is 0.524. The van der Waals surface area contributed by atoms with Crippen LogP contribution in [0.5, 0.6) is 5.75 Å². The molecule has 2 rings (SSSR count). The monoisotopic (exact) mass is 377 g/mol. The van der Waals surface area contributed by atoms with Crippen molar-refractivity contribution in [3.05, 3.63) is 70.5 Å². The minimum absolute atomic E-state index is 0.0133. The van der Waals surface area contributed by atoms with Gasteiger partial charge in [0.05, 0.1) is 6.61 Å². The number of halogens is 3. The van der Waals surface area contributed by atoms with Gasteiger partial charge in [-0.3, -0.25) is 4.79 Å². The standard InChI is InChI=1S/C21H22F3NO2/c1-3-4-9-27-20-12-17(22)7-5-16(20)6-8-21(26)25-13-15-10-18(23)14(2)19(24)11-15/h5-8,10-12H,3-4,9,13H2,1-2H3,(H,25,26)/b8-6+. The number of hydrogen-bond acceptors (Lipinski definition) is 2. The maximum absolute atomic E-state index is 13.5. The van der Waals surface area contributed by atoms with Crippen LogP contribution in [0, 0.1) is 24.4 Å². The first-order chi connectivity index (χ1) is 12.9. The summed E-state index contributed by atoms with van der Waals surface area (Å²) in [6.07, 6.45) is 4.56. The Kier molecular flexibility index (Phi) is 7.46. The molecule has 6 heteroatoms. The number of amides is 1. The Bertz CT molecular complexity index is 811. The predicted octanol–water partition coefficient (Wildman–Crippen LogP) is 4.92. The van der Waals surface area contributed by atoms with Crippen LogP contribution >= 0.6 is 0 Å². The minimum atomic E-state index is -0.657. The van der Waals surface area contributed by atoms with Gasteiger partial charge in [-0.05, 0) is 49.2 Å². The Balaban J connectivity index is 2.00. The van der Waals surface area contributed by atoms with Crippen LogP contribution in [0.3, 0.4) is 0 Å². The molecule has 3 nitrogen and oxygen atoms in total. The van der Waals surface area contributed by atoms with Crippen molar-refractivity contribution in [2.75, 3.05) is 6.61 Å². The minimum Gasteiger partial charge on any atom is -0.493 e. The number of hydrogen-bond donors (Lipinski definition) is 1. The van der Waals surface area contributed by atoms with Gasteiger partial charge in [-0.1, -0.05) is 13.3 Å². The first-order valence-electron chi connectivity index (χ1n) is 8.73. The Morgan fingerprint density at radius 2 is 1.85 bits per heavy atom. The summed E-state index contributed by atoms with van der Waals surface area (Å²) in [6, 6.07) is 6.43. The molecular formula is C21H22F3NO2. The number of unbranched alkanes of at least 4 members (excludes halogenated alkanes) is 1. The van der Waals surface area contributed by atoms with E-state index in [1.165, 1.54) is 49.4 Å². The zero-order valence-electron chi connectivity index (χ0n) is 15.3. The summed E-state index contributed by atoms with van der Waals surface area (Å²) >= 11 is 0. The molecule has 0 fully saturated rings. The molecule has 144 valence electrons.